The van der Waals surface area contributed by atoms with Crippen molar-refractivity contribution in [3.63, 3.8) is 0 Å². The third kappa shape index (κ3) is 4.26. The maximum absolute atomic E-state index is 9.23. The molecular weight excluding hydrogens is 238 g/mol. The number of aromatic hydroxyl groups is 1. The number of anilines is 1. The summed E-state index contributed by atoms with van der Waals surface area (Å²) < 4.78 is 0. The van der Waals surface area contributed by atoms with E-state index in [2.05, 4.69) is 21.3 Å². The number of nitrogens with one attached hydrogen (secondary N) is 1. The van der Waals surface area contributed by atoms with E-state index in [1.807, 2.05) is 38.6 Å². The first kappa shape index (κ1) is 13.4. The van der Waals surface area contributed by atoms with E-state index in [4.69, 9.17) is 0 Å². The number of benzene rings is 1. The Bertz CT molecular complexity index is 523. The number of rotatable bonds is 5. The van der Waals surface area contributed by atoms with Crippen LogP contribution in [0.3, 0.4) is 0 Å². The third-order valence-electron chi connectivity index (χ3n) is 2.73. The molecular formula is C15H19N3O. The van der Waals surface area contributed by atoms with Crippen LogP contribution in [0.25, 0.3) is 0 Å². The van der Waals surface area contributed by atoms with Crippen LogP contribution in [0.1, 0.15) is 11.1 Å². The summed E-state index contributed by atoms with van der Waals surface area (Å²) in [6.45, 7) is 1.59. The lowest BCUT2D eigenvalue weighted by Gasteiger charge is -2.11. The molecule has 0 atom stereocenters. The molecule has 0 bridgehead atoms. The van der Waals surface area contributed by atoms with Crippen LogP contribution in [0, 0.1) is 0 Å². The molecule has 0 aliphatic rings. The number of pyridine rings is 1. The van der Waals surface area contributed by atoms with E-state index in [1.54, 1.807) is 12.1 Å². The van der Waals surface area contributed by atoms with Gasteiger partial charge in [-0.15, -0.1) is 0 Å². The molecule has 0 saturated carbocycles. The summed E-state index contributed by atoms with van der Waals surface area (Å²) in [4.78, 5) is 6.35. The summed E-state index contributed by atoms with van der Waals surface area (Å²) in [7, 11) is 4.08. The Labute approximate surface area is 113 Å². The largest absolute Gasteiger partial charge is 0.508 e. The number of hydrogen-bond acceptors (Lipinski definition) is 4. The standard InChI is InChI=1S/C15H19N3O/c1-18(2)11-13-7-14(10-16-8-13)17-9-12-3-5-15(19)6-4-12/h3-8,10,17,19H,9,11H2,1-2H3. The Hall–Kier alpha value is -2.07. The summed E-state index contributed by atoms with van der Waals surface area (Å²) in [5.74, 6) is 0.290. The predicted octanol–water partition coefficient (Wildman–Crippen LogP) is 2.46. The van der Waals surface area contributed by atoms with Crippen LogP contribution in [0.4, 0.5) is 5.69 Å². The summed E-state index contributed by atoms with van der Waals surface area (Å²) >= 11 is 0. The maximum atomic E-state index is 9.23. The number of phenolic OH excluding ortho intramolecular Hbond substituents is 1. The maximum Gasteiger partial charge on any atom is 0.115 e. The average molecular weight is 257 g/mol. The predicted molar refractivity (Wildman–Crippen MR) is 77.1 cm³/mol. The molecule has 0 unspecified atom stereocenters. The quantitative estimate of drug-likeness (QED) is 0.864. The molecule has 0 fully saturated rings. The Morgan fingerprint density at radius 1 is 1.11 bits per heavy atom. The normalized spacial score (nSPS) is 10.7. The molecule has 2 N–H and O–H groups in total. The fraction of sp³-hybridized carbons (Fsp3) is 0.267. The summed E-state index contributed by atoms with van der Waals surface area (Å²) in [6, 6.07) is 9.29. The van der Waals surface area contributed by atoms with E-state index in [0.29, 0.717) is 12.3 Å². The number of hydrogen-bond donors (Lipinski definition) is 2. The van der Waals surface area contributed by atoms with Gasteiger partial charge in [-0.3, -0.25) is 4.98 Å². The molecule has 2 aromatic rings. The van der Waals surface area contributed by atoms with Crippen LogP contribution >= 0.6 is 0 Å². The van der Waals surface area contributed by atoms with Gasteiger partial charge >= 0.3 is 0 Å². The molecule has 0 aliphatic heterocycles. The highest BCUT2D eigenvalue weighted by atomic mass is 16.3. The molecule has 1 aromatic carbocycles. The van der Waals surface area contributed by atoms with Crippen molar-refractivity contribution in [1.82, 2.24) is 9.88 Å². The molecule has 0 spiro atoms. The first-order valence-electron chi connectivity index (χ1n) is 6.24. The van der Waals surface area contributed by atoms with Crippen LogP contribution in [-0.2, 0) is 13.1 Å². The lowest BCUT2D eigenvalue weighted by molar-refractivity contribution is 0.402. The lowest BCUT2D eigenvalue weighted by atomic mass is 10.2. The van der Waals surface area contributed by atoms with Crippen molar-refractivity contribution >= 4 is 5.69 Å². The average Bonchev–Trinajstić information content (AvgIpc) is 2.38. The van der Waals surface area contributed by atoms with Crippen molar-refractivity contribution in [3.8, 4) is 5.75 Å². The van der Waals surface area contributed by atoms with Gasteiger partial charge in [0.15, 0.2) is 0 Å². The molecule has 100 valence electrons. The minimum atomic E-state index is 0.290. The van der Waals surface area contributed by atoms with Crippen molar-refractivity contribution in [2.45, 2.75) is 13.1 Å². The topological polar surface area (TPSA) is 48.4 Å². The van der Waals surface area contributed by atoms with Crippen molar-refractivity contribution in [1.29, 1.82) is 0 Å². The van der Waals surface area contributed by atoms with Crippen molar-refractivity contribution in [3.05, 3.63) is 53.9 Å². The fourth-order valence-electron chi connectivity index (χ4n) is 1.85. The molecule has 1 aromatic heterocycles. The Morgan fingerprint density at radius 3 is 2.53 bits per heavy atom. The van der Waals surface area contributed by atoms with Gasteiger partial charge in [0.25, 0.3) is 0 Å². The third-order valence-corrected chi connectivity index (χ3v) is 2.73. The van der Waals surface area contributed by atoms with Crippen LogP contribution in [-0.4, -0.2) is 29.1 Å². The van der Waals surface area contributed by atoms with Crippen LogP contribution < -0.4 is 5.32 Å². The molecule has 0 amide bonds. The second-order valence-corrected chi connectivity index (χ2v) is 4.84. The molecule has 0 radical (unpaired) electrons. The molecule has 4 heteroatoms. The first-order valence-corrected chi connectivity index (χ1v) is 6.24. The van der Waals surface area contributed by atoms with Crippen molar-refractivity contribution in [2.75, 3.05) is 19.4 Å². The minimum absolute atomic E-state index is 0.290. The highest BCUT2D eigenvalue weighted by Crippen LogP contribution is 2.13. The smallest absolute Gasteiger partial charge is 0.115 e. The Morgan fingerprint density at radius 2 is 1.84 bits per heavy atom. The second kappa shape index (κ2) is 6.20. The zero-order valence-electron chi connectivity index (χ0n) is 11.3. The van der Waals surface area contributed by atoms with E-state index in [9.17, 15) is 5.11 Å². The Kier molecular flexibility index (Phi) is 4.36. The zero-order valence-corrected chi connectivity index (χ0v) is 11.3. The van der Waals surface area contributed by atoms with E-state index in [1.165, 1.54) is 5.56 Å². The molecule has 0 saturated heterocycles. The highest BCUT2D eigenvalue weighted by Gasteiger charge is 1.99. The fourth-order valence-corrected chi connectivity index (χ4v) is 1.85. The Balaban J connectivity index is 1.97. The molecule has 19 heavy (non-hydrogen) atoms. The van der Waals surface area contributed by atoms with E-state index in [-0.39, 0.29) is 0 Å². The van der Waals surface area contributed by atoms with Gasteiger partial charge in [-0.05, 0) is 43.4 Å². The second-order valence-electron chi connectivity index (χ2n) is 4.84. The van der Waals surface area contributed by atoms with Gasteiger partial charge in [0.1, 0.15) is 5.75 Å². The highest BCUT2D eigenvalue weighted by molar-refractivity contribution is 5.43. The molecule has 0 aliphatic carbocycles. The van der Waals surface area contributed by atoms with Gasteiger partial charge in [-0.1, -0.05) is 12.1 Å². The molecule has 2 rings (SSSR count). The molecule has 4 nitrogen and oxygen atoms in total. The van der Waals surface area contributed by atoms with Crippen LogP contribution in [0.5, 0.6) is 5.75 Å². The van der Waals surface area contributed by atoms with Gasteiger partial charge in [-0.25, -0.2) is 0 Å². The van der Waals surface area contributed by atoms with Gasteiger partial charge in [0.2, 0.25) is 0 Å². The first-order chi connectivity index (χ1) is 9.13. The van der Waals surface area contributed by atoms with Gasteiger partial charge in [0, 0.05) is 25.5 Å². The van der Waals surface area contributed by atoms with E-state index in [0.717, 1.165) is 17.8 Å². The lowest BCUT2D eigenvalue weighted by Crippen LogP contribution is -2.11. The van der Waals surface area contributed by atoms with Gasteiger partial charge < -0.3 is 15.3 Å². The summed E-state index contributed by atoms with van der Waals surface area (Å²) in [6.07, 6.45) is 3.70. The van der Waals surface area contributed by atoms with Crippen LogP contribution in [0.15, 0.2) is 42.7 Å². The molecule has 1 heterocycles. The summed E-state index contributed by atoms with van der Waals surface area (Å²) in [5.41, 5.74) is 3.31. The number of nitrogens with zero attached hydrogens (tertiary/aromatic N) is 2. The number of aromatic nitrogens is 1. The SMILES string of the molecule is CN(C)Cc1cncc(NCc2ccc(O)cc2)c1. The van der Waals surface area contributed by atoms with Crippen molar-refractivity contribution < 1.29 is 5.11 Å². The van der Waals surface area contributed by atoms with Gasteiger partial charge in [-0.2, -0.15) is 0 Å². The van der Waals surface area contributed by atoms with E-state index < -0.39 is 0 Å². The van der Waals surface area contributed by atoms with Gasteiger partial charge in [0.05, 0.1) is 5.69 Å². The van der Waals surface area contributed by atoms with Crippen LogP contribution in [0.2, 0.25) is 0 Å². The minimum Gasteiger partial charge on any atom is -0.508 e. The number of phenols is 1. The summed E-state index contributed by atoms with van der Waals surface area (Å²) in [5, 5.41) is 12.6. The zero-order chi connectivity index (χ0) is 13.7. The van der Waals surface area contributed by atoms with Crippen molar-refractivity contribution in [2.24, 2.45) is 0 Å². The monoisotopic (exact) mass is 257 g/mol. The van der Waals surface area contributed by atoms with E-state index >= 15 is 0 Å².